The Hall–Kier alpha value is -1.48. The first-order chi connectivity index (χ1) is 9.28. The Morgan fingerprint density at radius 2 is 2.15 bits per heavy atom. The number of hydrogen-bond donors (Lipinski definition) is 2. The van der Waals surface area contributed by atoms with Gasteiger partial charge in [0, 0.05) is 0 Å². The van der Waals surface area contributed by atoms with E-state index in [1.807, 2.05) is 0 Å². The molecule has 0 bridgehead atoms. The Labute approximate surface area is 120 Å². The van der Waals surface area contributed by atoms with Crippen molar-refractivity contribution >= 4 is 21.8 Å². The van der Waals surface area contributed by atoms with E-state index in [-0.39, 0.29) is 12.4 Å². The van der Waals surface area contributed by atoms with Crippen molar-refractivity contribution in [2.75, 3.05) is 13.3 Å². The third kappa shape index (κ3) is 3.34. The summed E-state index contributed by atoms with van der Waals surface area (Å²) in [5.74, 6) is -0.137. The van der Waals surface area contributed by atoms with E-state index < -0.39 is 24.7 Å². The molecule has 0 aliphatic carbocycles. The predicted molar refractivity (Wildman–Crippen MR) is 66.3 cm³/mol. The number of nitrogens with one attached hydrogen (secondary N) is 1. The van der Waals surface area contributed by atoms with E-state index in [2.05, 4.69) is 21.2 Å². The summed E-state index contributed by atoms with van der Waals surface area (Å²) in [7, 11) is 0. The third-order valence-corrected chi connectivity index (χ3v) is 3.16. The summed E-state index contributed by atoms with van der Waals surface area (Å²) in [6.07, 6.45) is -4.44. The van der Waals surface area contributed by atoms with E-state index in [9.17, 15) is 18.0 Å². The third-order valence-electron chi connectivity index (χ3n) is 2.57. The number of hydrogen-bond acceptors (Lipinski definition) is 4. The molecule has 0 fully saturated rings. The Bertz CT molecular complexity index is 536. The molecule has 2 rings (SSSR count). The van der Waals surface area contributed by atoms with Gasteiger partial charge in [0.1, 0.15) is 6.04 Å². The Kier molecular flexibility index (Phi) is 4.09. The van der Waals surface area contributed by atoms with E-state index in [1.165, 1.54) is 12.1 Å². The van der Waals surface area contributed by atoms with Crippen molar-refractivity contribution in [1.82, 2.24) is 5.32 Å². The van der Waals surface area contributed by atoms with Crippen molar-refractivity contribution in [3.05, 3.63) is 22.2 Å². The summed E-state index contributed by atoms with van der Waals surface area (Å²) in [5.41, 5.74) is 5.40. The largest absolute Gasteiger partial charge is 0.454 e. The number of ether oxygens (including phenoxy) is 2. The molecular formula is C11H10BrF3N2O3. The van der Waals surface area contributed by atoms with Crippen molar-refractivity contribution in [2.24, 2.45) is 5.73 Å². The molecule has 110 valence electrons. The van der Waals surface area contributed by atoms with Gasteiger partial charge in [0.05, 0.1) is 11.0 Å². The quantitative estimate of drug-likeness (QED) is 0.865. The van der Waals surface area contributed by atoms with Crippen LogP contribution in [0.4, 0.5) is 13.2 Å². The van der Waals surface area contributed by atoms with E-state index in [4.69, 9.17) is 15.2 Å². The van der Waals surface area contributed by atoms with Crippen LogP contribution in [0.25, 0.3) is 0 Å². The highest BCUT2D eigenvalue weighted by Crippen LogP contribution is 2.41. The van der Waals surface area contributed by atoms with Crippen molar-refractivity contribution in [1.29, 1.82) is 0 Å². The second-order valence-corrected chi connectivity index (χ2v) is 4.92. The number of halogens is 4. The molecule has 0 saturated heterocycles. The number of alkyl halides is 3. The molecule has 1 unspecified atom stereocenters. The Balaban J connectivity index is 2.26. The van der Waals surface area contributed by atoms with E-state index in [0.717, 1.165) is 0 Å². The molecule has 0 spiro atoms. The Morgan fingerprint density at radius 1 is 1.45 bits per heavy atom. The number of benzene rings is 1. The molecule has 5 nitrogen and oxygen atoms in total. The van der Waals surface area contributed by atoms with Gasteiger partial charge in [0.15, 0.2) is 11.5 Å². The minimum Gasteiger partial charge on any atom is -0.454 e. The second kappa shape index (κ2) is 5.49. The first-order valence-corrected chi connectivity index (χ1v) is 6.26. The van der Waals surface area contributed by atoms with E-state index in [1.54, 1.807) is 0 Å². The highest BCUT2D eigenvalue weighted by Gasteiger charge is 2.31. The number of carbonyl (C=O) groups is 1. The number of nitrogens with two attached hydrogens (primary N) is 1. The molecule has 0 aromatic heterocycles. The van der Waals surface area contributed by atoms with Gasteiger partial charge in [-0.05, 0) is 33.6 Å². The van der Waals surface area contributed by atoms with Gasteiger partial charge >= 0.3 is 6.18 Å². The average Bonchev–Trinajstić information content (AvgIpc) is 2.75. The van der Waals surface area contributed by atoms with Crippen molar-refractivity contribution < 1.29 is 27.4 Å². The molecule has 1 aromatic carbocycles. The van der Waals surface area contributed by atoms with Gasteiger partial charge in [-0.1, -0.05) is 0 Å². The number of primary amides is 1. The first-order valence-electron chi connectivity index (χ1n) is 5.46. The van der Waals surface area contributed by atoms with Crippen LogP contribution in [-0.2, 0) is 4.79 Å². The van der Waals surface area contributed by atoms with Crippen LogP contribution in [0.2, 0.25) is 0 Å². The summed E-state index contributed by atoms with van der Waals surface area (Å²) in [6.45, 7) is -1.32. The van der Waals surface area contributed by atoms with Crippen LogP contribution >= 0.6 is 15.9 Å². The van der Waals surface area contributed by atoms with Gasteiger partial charge in [-0.3, -0.25) is 10.1 Å². The van der Waals surface area contributed by atoms with Crippen LogP contribution in [0.1, 0.15) is 11.6 Å². The molecule has 3 N–H and O–H groups in total. The van der Waals surface area contributed by atoms with Gasteiger partial charge in [-0.15, -0.1) is 0 Å². The van der Waals surface area contributed by atoms with Crippen LogP contribution in [0.15, 0.2) is 16.6 Å². The maximum Gasteiger partial charge on any atom is 0.401 e. The van der Waals surface area contributed by atoms with Crippen LogP contribution in [0, 0.1) is 0 Å². The monoisotopic (exact) mass is 354 g/mol. The fourth-order valence-corrected chi connectivity index (χ4v) is 2.33. The fourth-order valence-electron chi connectivity index (χ4n) is 1.75. The molecule has 1 aliphatic rings. The number of rotatable bonds is 4. The molecule has 1 aliphatic heterocycles. The van der Waals surface area contributed by atoms with Crippen molar-refractivity contribution in [3.63, 3.8) is 0 Å². The highest BCUT2D eigenvalue weighted by molar-refractivity contribution is 9.10. The summed E-state index contributed by atoms with van der Waals surface area (Å²) < 4.78 is 47.4. The van der Waals surface area contributed by atoms with Crippen LogP contribution < -0.4 is 20.5 Å². The lowest BCUT2D eigenvalue weighted by Crippen LogP contribution is -2.39. The zero-order valence-electron chi connectivity index (χ0n) is 9.96. The zero-order valence-corrected chi connectivity index (χ0v) is 11.5. The van der Waals surface area contributed by atoms with Gasteiger partial charge in [0.2, 0.25) is 12.7 Å². The lowest BCUT2D eigenvalue weighted by atomic mass is 10.1. The maximum atomic E-state index is 12.2. The molecule has 20 heavy (non-hydrogen) atoms. The summed E-state index contributed by atoms with van der Waals surface area (Å²) in [6, 6.07) is 1.61. The Morgan fingerprint density at radius 3 is 2.75 bits per heavy atom. The van der Waals surface area contributed by atoms with Crippen LogP contribution in [-0.4, -0.2) is 25.4 Å². The normalized spacial score (nSPS) is 15.2. The first kappa shape index (κ1) is 14.9. The zero-order chi connectivity index (χ0) is 14.9. The highest BCUT2D eigenvalue weighted by atomic mass is 79.9. The molecule has 0 saturated carbocycles. The minimum absolute atomic E-state index is 0.00854. The second-order valence-electron chi connectivity index (χ2n) is 4.07. The molecule has 9 heteroatoms. The topological polar surface area (TPSA) is 73.6 Å². The molecule has 0 radical (unpaired) electrons. The van der Waals surface area contributed by atoms with Gasteiger partial charge < -0.3 is 15.2 Å². The SMILES string of the molecule is NC(=O)C(NCC(F)(F)F)c1cc(Br)c2c(c1)OCO2. The molecule has 1 heterocycles. The lowest BCUT2D eigenvalue weighted by Gasteiger charge is -2.18. The van der Waals surface area contributed by atoms with Crippen LogP contribution in [0.5, 0.6) is 11.5 Å². The summed E-state index contributed by atoms with van der Waals surface area (Å²) in [5, 5.41) is 2.08. The number of fused-ring (bicyclic) bond motifs is 1. The van der Waals surface area contributed by atoms with Crippen LogP contribution in [0.3, 0.4) is 0 Å². The smallest absolute Gasteiger partial charge is 0.401 e. The minimum atomic E-state index is -4.44. The van der Waals surface area contributed by atoms with Gasteiger partial charge in [0.25, 0.3) is 0 Å². The van der Waals surface area contributed by atoms with Crippen molar-refractivity contribution in [2.45, 2.75) is 12.2 Å². The predicted octanol–water partition coefficient (Wildman–Crippen LogP) is 1.86. The number of amides is 1. The summed E-state index contributed by atoms with van der Waals surface area (Å²) >= 11 is 3.20. The lowest BCUT2D eigenvalue weighted by molar-refractivity contribution is -0.130. The molecular weight excluding hydrogens is 345 g/mol. The van der Waals surface area contributed by atoms with E-state index in [0.29, 0.717) is 16.0 Å². The van der Waals surface area contributed by atoms with Gasteiger partial charge in [-0.25, -0.2) is 0 Å². The molecule has 1 aromatic rings. The number of carbonyl (C=O) groups excluding carboxylic acids is 1. The molecule has 1 amide bonds. The van der Waals surface area contributed by atoms with Crippen molar-refractivity contribution in [3.8, 4) is 11.5 Å². The standard InChI is InChI=1S/C11H10BrF3N2O3/c12-6-1-5(2-7-9(6)20-4-19-7)8(10(16)18)17-3-11(13,14)15/h1-2,8,17H,3-4H2,(H2,16,18). The average molecular weight is 355 g/mol. The maximum absolute atomic E-state index is 12.2. The molecule has 1 atom stereocenters. The van der Waals surface area contributed by atoms with Gasteiger partial charge in [-0.2, -0.15) is 13.2 Å². The summed E-state index contributed by atoms with van der Waals surface area (Å²) in [4.78, 5) is 11.3. The van der Waals surface area contributed by atoms with E-state index >= 15 is 0 Å². The fraction of sp³-hybridized carbons (Fsp3) is 0.364.